The second kappa shape index (κ2) is 3.80. The molecule has 0 amide bonds. The van der Waals surface area contributed by atoms with Crippen LogP contribution in [0.1, 0.15) is 0 Å². The van der Waals surface area contributed by atoms with E-state index in [4.69, 9.17) is 10.2 Å². The molecule has 9 heavy (non-hydrogen) atoms. The number of aliphatic hydroxyl groups is 1. The summed E-state index contributed by atoms with van der Waals surface area (Å²) >= 11 is 0. The van der Waals surface area contributed by atoms with Gasteiger partial charge in [0.15, 0.2) is 5.78 Å². The maximum absolute atomic E-state index is 10.1. The smallest absolute Gasteiger partial charge is 0.328 e. The van der Waals surface area contributed by atoms with Crippen LogP contribution in [0.3, 0.4) is 0 Å². The van der Waals surface area contributed by atoms with Gasteiger partial charge < -0.3 is 10.2 Å². The van der Waals surface area contributed by atoms with Crippen molar-refractivity contribution >= 4 is 11.8 Å². The number of hydrogen-bond donors (Lipinski definition) is 2. The molecule has 0 spiro atoms. The van der Waals surface area contributed by atoms with Crippen LogP contribution in [0.2, 0.25) is 0 Å². The van der Waals surface area contributed by atoms with Crippen molar-refractivity contribution in [3.8, 4) is 0 Å². The van der Waals surface area contributed by atoms with E-state index in [0.717, 1.165) is 6.08 Å². The van der Waals surface area contributed by atoms with Crippen molar-refractivity contribution in [2.75, 3.05) is 6.61 Å². The Bertz CT molecular complexity index is 147. The molecule has 2 N–H and O–H groups in total. The summed E-state index contributed by atoms with van der Waals surface area (Å²) in [4.78, 5) is 19.8. The first kappa shape index (κ1) is 7.84. The normalized spacial score (nSPS) is 9.89. The molecule has 0 atom stereocenters. The van der Waals surface area contributed by atoms with Gasteiger partial charge in [-0.3, -0.25) is 4.79 Å². The van der Waals surface area contributed by atoms with E-state index in [1.165, 1.54) is 0 Å². The average molecular weight is 130 g/mol. The number of carbonyl (C=O) groups is 2. The zero-order chi connectivity index (χ0) is 7.28. The van der Waals surface area contributed by atoms with Gasteiger partial charge in [0, 0.05) is 6.08 Å². The average Bonchev–Trinajstić information content (AvgIpc) is 1.83. The maximum Gasteiger partial charge on any atom is 0.328 e. The van der Waals surface area contributed by atoms with Crippen LogP contribution < -0.4 is 0 Å². The highest BCUT2D eigenvalue weighted by molar-refractivity contribution is 5.95. The van der Waals surface area contributed by atoms with E-state index in [2.05, 4.69) is 0 Å². The third-order valence-electron chi connectivity index (χ3n) is 0.568. The molecule has 4 nitrogen and oxygen atoms in total. The summed E-state index contributed by atoms with van der Waals surface area (Å²) in [5.74, 6) is -1.81. The number of hydrogen-bond acceptors (Lipinski definition) is 3. The fraction of sp³-hybridized carbons (Fsp3) is 0.200. The van der Waals surface area contributed by atoms with Crippen LogP contribution in [0.5, 0.6) is 0 Å². The largest absolute Gasteiger partial charge is 0.478 e. The fourth-order valence-electron chi connectivity index (χ4n) is 0.217. The van der Waals surface area contributed by atoms with Crippen molar-refractivity contribution < 1.29 is 19.8 Å². The summed E-state index contributed by atoms with van der Waals surface area (Å²) in [5.41, 5.74) is 0. The monoisotopic (exact) mass is 130 g/mol. The minimum Gasteiger partial charge on any atom is -0.478 e. The minimum absolute atomic E-state index is 0.614. The summed E-state index contributed by atoms with van der Waals surface area (Å²) in [5, 5.41) is 16.0. The molecular formula is C5H6O4. The molecule has 0 aliphatic rings. The third-order valence-corrected chi connectivity index (χ3v) is 0.568. The first-order valence-electron chi connectivity index (χ1n) is 2.21. The van der Waals surface area contributed by atoms with E-state index in [1.807, 2.05) is 0 Å². The Labute approximate surface area is 51.4 Å². The lowest BCUT2D eigenvalue weighted by atomic mass is 10.4. The predicted octanol–water partition coefficient (Wildman–Crippen LogP) is -0.811. The SMILES string of the molecule is O=C(O)/C=C\C(=O)CO. The van der Waals surface area contributed by atoms with E-state index >= 15 is 0 Å². The highest BCUT2D eigenvalue weighted by Crippen LogP contribution is 1.74. The Balaban J connectivity index is 3.71. The molecule has 0 aliphatic heterocycles. The quantitative estimate of drug-likeness (QED) is 0.490. The molecule has 0 saturated carbocycles. The molecule has 0 fully saturated rings. The highest BCUT2D eigenvalue weighted by Gasteiger charge is 1.91. The second-order valence-corrected chi connectivity index (χ2v) is 1.30. The molecule has 0 heterocycles. The van der Waals surface area contributed by atoms with Crippen molar-refractivity contribution in [2.24, 2.45) is 0 Å². The van der Waals surface area contributed by atoms with Crippen LogP contribution >= 0.6 is 0 Å². The van der Waals surface area contributed by atoms with Gasteiger partial charge in [-0.1, -0.05) is 0 Å². The molecule has 0 aliphatic carbocycles. The minimum atomic E-state index is -1.20. The van der Waals surface area contributed by atoms with Crippen molar-refractivity contribution in [3.05, 3.63) is 12.2 Å². The molecule has 0 aromatic heterocycles. The zero-order valence-corrected chi connectivity index (χ0v) is 4.57. The van der Waals surface area contributed by atoms with Crippen LogP contribution in [0, 0.1) is 0 Å². The Morgan fingerprint density at radius 1 is 1.33 bits per heavy atom. The molecule has 50 valence electrons. The molecule has 0 unspecified atom stereocenters. The number of carboxylic acids is 1. The zero-order valence-electron chi connectivity index (χ0n) is 4.57. The summed E-state index contributed by atoms with van der Waals surface area (Å²) in [6.45, 7) is -0.649. The van der Waals surface area contributed by atoms with Gasteiger partial charge in [-0.2, -0.15) is 0 Å². The Morgan fingerprint density at radius 3 is 2.22 bits per heavy atom. The summed E-state index contributed by atoms with van der Waals surface area (Å²) in [7, 11) is 0. The van der Waals surface area contributed by atoms with Crippen LogP contribution in [-0.4, -0.2) is 28.6 Å². The van der Waals surface area contributed by atoms with Crippen LogP contribution in [-0.2, 0) is 9.59 Å². The van der Waals surface area contributed by atoms with Gasteiger partial charge in [-0.25, -0.2) is 4.79 Å². The van der Waals surface area contributed by atoms with Gasteiger partial charge in [0.05, 0.1) is 0 Å². The van der Waals surface area contributed by atoms with Crippen LogP contribution in [0.15, 0.2) is 12.2 Å². The van der Waals surface area contributed by atoms with E-state index in [-0.39, 0.29) is 0 Å². The van der Waals surface area contributed by atoms with Gasteiger partial charge in [0.1, 0.15) is 6.61 Å². The van der Waals surface area contributed by atoms with Crippen LogP contribution in [0.25, 0.3) is 0 Å². The number of ketones is 1. The Morgan fingerprint density at radius 2 is 1.89 bits per heavy atom. The summed E-state index contributed by atoms with van der Waals surface area (Å²) in [6.07, 6.45) is 1.49. The van der Waals surface area contributed by atoms with Crippen molar-refractivity contribution in [3.63, 3.8) is 0 Å². The summed E-state index contributed by atoms with van der Waals surface area (Å²) in [6, 6.07) is 0. The number of aliphatic hydroxyl groups excluding tert-OH is 1. The molecule has 0 radical (unpaired) electrons. The molecule has 0 aromatic rings. The Hall–Kier alpha value is -1.16. The van der Waals surface area contributed by atoms with E-state index in [1.54, 1.807) is 0 Å². The number of aliphatic carboxylic acids is 1. The first-order valence-corrected chi connectivity index (χ1v) is 2.21. The van der Waals surface area contributed by atoms with Crippen molar-refractivity contribution in [2.45, 2.75) is 0 Å². The third kappa shape index (κ3) is 4.70. The highest BCUT2D eigenvalue weighted by atomic mass is 16.4. The summed E-state index contributed by atoms with van der Waals surface area (Å²) < 4.78 is 0. The lowest BCUT2D eigenvalue weighted by Gasteiger charge is -1.80. The molecule has 4 heteroatoms. The molecule has 0 saturated heterocycles. The fourth-order valence-corrected chi connectivity index (χ4v) is 0.217. The van der Waals surface area contributed by atoms with Gasteiger partial charge in [0.25, 0.3) is 0 Å². The van der Waals surface area contributed by atoms with Crippen LogP contribution in [0.4, 0.5) is 0 Å². The standard InChI is InChI=1S/C5H6O4/c6-3-4(7)1-2-5(8)9/h1-2,6H,3H2,(H,8,9)/b2-1-. The number of carbonyl (C=O) groups excluding carboxylic acids is 1. The lowest BCUT2D eigenvalue weighted by Crippen LogP contribution is -1.99. The van der Waals surface area contributed by atoms with Gasteiger partial charge in [0.2, 0.25) is 0 Å². The van der Waals surface area contributed by atoms with E-state index < -0.39 is 18.4 Å². The molecule has 0 bridgehead atoms. The van der Waals surface area contributed by atoms with Gasteiger partial charge in [-0.15, -0.1) is 0 Å². The molecule has 0 aromatic carbocycles. The van der Waals surface area contributed by atoms with Gasteiger partial charge >= 0.3 is 5.97 Å². The first-order chi connectivity index (χ1) is 4.16. The second-order valence-electron chi connectivity index (χ2n) is 1.30. The number of rotatable bonds is 3. The van der Waals surface area contributed by atoms with Gasteiger partial charge in [-0.05, 0) is 6.08 Å². The Kier molecular flexibility index (Phi) is 3.31. The number of carboxylic acid groups (broad SMARTS) is 1. The van der Waals surface area contributed by atoms with E-state index in [9.17, 15) is 9.59 Å². The van der Waals surface area contributed by atoms with E-state index in [0.29, 0.717) is 6.08 Å². The topological polar surface area (TPSA) is 74.6 Å². The predicted molar refractivity (Wildman–Crippen MR) is 28.9 cm³/mol. The lowest BCUT2D eigenvalue weighted by molar-refractivity contribution is -0.131. The van der Waals surface area contributed by atoms with Crippen molar-refractivity contribution in [1.82, 2.24) is 0 Å². The molecular weight excluding hydrogens is 124 g/mol. The van der Waals surface area contributed by atoms with Crippen molar-refractivity contribution in [1.29, 1.82) is 0 Å². The maximum atomic E-state index is 10.1. The molecule has 0 rings (SSSR count).